The lowest BCUT2D eigenvalue weighted by molar-refractivity contribution is -0.134. The Morgan fingerprint density at radius 3 is 2.57 bits per heavy atom. The summed E-state index contributed by atoms with van der Waals surface area (Å²) in [6.07, 6.45) is 6.65. The van der Waals surface area contributed by atoms with Gasteiger partial charge in [0.05, 0.1) is 7.11 Å². The van der Waals surface area contributed by atoms with E-state index in [0.717, 1.165) is 30.9 Å². The summed E-state index contributed by atoms with van der Waals surface area (Å²) < 4.78 is 11.8. The van der Waals surface area contributed by atoms with Gasteiger partial charge in [-0.25, -0.2) is 9.59 Å². The van der Waals surface area contributed by atoms with E-state index in [9.17, 15) is 14.7 Å². The number of nitrogens with zero attached hydrogens (tertiary/aromatic N) is 1. The van der Waals surface area contributed by atoms with Gasteiger partial charge in [-0.2, -0.15) is 0 Å². The molecule has 8 heteroatoms. The minimum atomic E-state index is -1.26. The third-order valence-corrected chi connectivity index (χ3v) is 6.72. The van der Waals surface area contributed by atoms with Crippen LogP contribution >= 0.6 is 0 Å². The number of aliphatic carboxylic acids is 2. The van der Waals surface area contributed by atoms with Crippen LogP contribution in [0, 0.1) is 5.92 Å². The van der Waals surface area contributed by atoms with E-state index in [1.165, 1.54) is 11.1 Å². The molecule has 0 saturated carbocycles. The Hall–Kier alpha value is -2.84. The fourth-order valence-corrected chi connectivity index (χ4v) is 5.53. The van der Waals surface area contributed by atoms with E-state index < -0.39 is 18.0 Å². The van der Waals surface area contributed by atoms with Gasteiger partial charge >= 0.3 is 11.9 Å². The molecule has 30 heavy (non-hydrogen) atoms. The monoisotopic (exact) mass is 415 g/mol. The molecule has 2 heterocycles. The van der Waals surface area contributed by atoms with E-state index >= 15 is 0 Å². The number of piperidine rings is 1. The number of benzene rings is 1. The fraction of sp³-hybridized carbons (Fsp3) is 0.455. The molecule has 0 amide bonds. The van der Waals surface area contributed by atoms with Crippen molar-refractivity contribution >= 4 is 11.9 Å². The average molecular weight is 415 g/mol. The van der Waals surface area contributed by atoms with Crippen LogP contribution in [0.2, 0.25) is 0 Å². The summed E-state index contributed by atoms with van der Waals surface area (Å²) in [7, 11) is 3.91. The molecule has 5 rings (SSSR count). The number of rotatable bonds is 3. The number of ether oxygens (including phenoxy) is 2. The third-order valence-electron chi connectivity index (χ3n) is 6.72. The van der Waals surface area contributed by atoms with Crippen molar-refractivity contribution < 1.29 is 34.4 Å². The minimum Gasteiger partial charge on any atom is -0.493 e. The molecule has 2 bridgehead atoms. The lowest BCUT2D eigenvalue weighted by Gasteiger charge is -2.56. The van der Waals surface area contributed by atoms with Gasteiger partial charge in [0.25, 0.3) is 0 Å². The Kier molecular flexibility index (Phi) is 5.07. The Morgan fingerprint density at radius 1 is 1.23 bits per heavy atom. The molecule has 3 N–H and O–H groups in total. The van der Waals surface area contributed by atoms with Gasteiger partial charge in [0.2, 0.25) is 0 Å². The zero-order chi connectivity index (χ0) is 21.6. The largest absolute Gasteiger partial charge is 0.493 e. The number of carboxylic acid groups (broad SMARTS) is 2. The number of carboxylic acids is 2. The van der Waals surface area contributed by atoms with E-state index in [2.05, 4.69) is 24.1 Å². The van der Waals surface area contributed by atoms with Gasteiger partial charge in [-0.3, -0.25) is 0 Å². The van der Waals surface area contributed by atoms with Crippen molar-refractivity contribution in [1.82, 2.24) is 4.90 Å². The summed E-state index contributed by atoms with van der Waals surface area (Å²) in [5.74, 6) is -0.424. The summed E-state index contributed by atoms with van der Waals surface area (Å²) in [6, 6.07) is 4.70. The summed E-state index contributed by atoms with van der Waals surface area (Å²) in [6.45, 7) is 1.05. The van der Waals surface area contributed by atoms with Crippen molar-refractivity contribution in [3.63, 3.8) is 0 Å². The third kappa shape index (κ3) is 2.98. The maximum Gasteiger partial charge on any atom is 0.328 e. The van der Waals surface area contributed by atoms with Crippen LogP contribution in [0.15, 0.2) is 36.4 Å². The molecule has 0 radical (unpaired) electrons. The molecule has 0 aromatic heterocycles. The highest BCUT2D eigenvalue weighted by Crippen LogP contribution is 2.62. The topological polar surface area (TPSA) is 117 Å². The molecular weight excluding hydrogens is 390 g/mol. The molecule has 5 atom stereocenters. The molecule has 4 aliphatic rings. The van der Waals surface area contributed by atoms with E-state index in [1.807, 2.05) is 12.1 Å². The summed E-state index contributed by atoms with van der Waals surface area (Å²) >= 11 is 0. The number of likely N-dealkylation sites (tertiary alicyclic amines) is 1. The van der Waals surface area contributed by atoms with Crippen LogP contribution in [0.25, 0.3) is 0 Å². The molecule has 8 nitrogen and oxygen atoms in total. The first-order chi connectivity index (χ1) is 14.3. The van der Waals surface area contributed by atoms with E-state index in [-0.39, 0.29) is 11.5 Å². The molecule has 1 fully saturated rings. The van der Waals surface area contributed by atoms with E-state index in [0.29, 0.717) is 24.1 Å². The van der Waals surface area contributed by atoms with Crippen LogP contribution in [0.1, 0.15) is 17.5 Å². The van der Waals surface area contributed by atoms with Gasteiger partial charge in [-0.1, -0.05) is 18.2 Å². The smallest absolute Gasteiger partial charge is 0.328 e. The molecular formula is C22H25NO7. The lowest BCUT2D eigenvalue weighted by atomic mass is 9.53. The summed E-state index contributed by atoms with van der Waals surface area (Å²) in [5.41, 5.74) is 2.60. The maximum absolute atomic E-state index is 10.6. The first-order valence-electron chi connectivity index (χ1n) is 9.87. The highest BCUT2D eigenvalue weighted by molar-refractivity contribution is 5.89. The Morgan fingerprint density at radius 2 is 1.93 bits per heavy atom. The first-order valence-corrected chi connectivity index (χ1v) is 9.87. The second-order valence-electron chi connectivity index (χ2n) is 8.12. The number of hydrogen-bond acceptors (Lipinski definition) is 6. The van der Waals surface area contributed by atoms with Gasteiger partial charge in [0, 0.05) is 35.1 Å². The second kappa shape index (κ2) is 7.45. The number of hydrogen-bond donors (Lipinski definition) is 3. The van der Waals surface area contributed by atoms with Crippen molar-refractivity contribution in [1.29, 1.82) is 0 Å². The summed E-state index contributed by atoms with van der Waals surface area (Å²) in [4.78, 5) is 21.6. The van der Waals surface area contributed by atoms with Crippen LogP contribution < -0.4 is 9.47 Å². The van der Waals surface area contributed by atoms with Crippen LogP contribution in [0.5, 0.6) is 11.5 Å². The second-order valence-corrected chi connectivity index (χ2v) is 8.12. The first kappa shape index (κ1) is 20.4. The van der Waals surface area contributed by atoms with E-state index in [4.69, 9.17) is 19.7 Å². The maximum atomic E-state index is 10.6. The van der Waals surface area contributed by atoms with Crippen molar-refractivity contribution in [2.45, 2.75) is 36.5 Å². The van der Waals surface area contributed by atoms with Crippen molar-refractivity contribution in [3.05, 3.63) is 47.6 Å². The predicted octanol–water partition coefficient (Wildman–Crippen LogP) is 1.21. The normalized spacial score (nSPS) is 32.6. The molecule has 160 valence electrons. The molecule has 2 aliphatic carbocycles. The highest BCUT2D eigenvalue weighted by atomic mass is 16.5. The number of aliphatic hydroxyl groups is 1. The number of likely N-dealkylation sites (N-methyl/N-ethyl adjacent to an activating group) is 1. The molecule has 0 unspecified atom stereocenters. The average Bonchev–Trinajstić information content (AvgIpc) is 3.06. The number of aliphatic hydroxyl groups excluding tert-OH is 1. The Balaban J connectivity index is 0.000000235. The zero-order valence-electron chi connectivity index (χ0n) is 16.8. The van der Waals surface area contributed by atoms with Crippen molar-refractivity contribution in [2.24, 2.45) is 5.92 Å². The van der Waals surface area contributed by atoms with Gasteiger partial charge in [0.15, 0.2) is 11.5 Å². The zero-order valence-corrected chi connectivity index (χ0v) is 16.8. The molecule has 1 aromatic carbocycles. The highest BCUT2D eigenvalue weighted by Gasteiger charge is 2.64. The Bertz CT molecular complexity index is 924. The fourth-order valence-electron chi connectivity index (χ4n) is 5.53. The number of methoxy groups -OCH3 is 1. The lowest BCUT2D eigenvalue weighted by Crippen LogP contribution is -2.64. The van der Waals surface area contributed by atoms with Crippen LogP contribution in [0.3, 0.4) is 0 Å². The van der Waals surface area contributed by atoms with Gasteiger partial charge in [0.1, 0.15) is 12.2 Å². The van der Waals surface area contributed by atoms with E-state index in [1.54, 1.807) is 7.11 Å². The standard InChI is InChI=1S/C18H21NO3.C4H4O4/c1-19-8-7-18-11-4-5-13(20)17(18)22-16-14(21-2)6-3-10(15(16)18)9-12(11)19;5-3(6)1-2-4(7)8/h3-6,11-13,17,20H,7-9H2,1-2H3;1-2H,(H,5,6)(H,7,8)/b;2-1+/t11-,12+,13-,17-,18-;/m0./s1. The molecule has 1 saturated heterocycles. The SMILES string of the molecule is COc1ccc2c3c1O[C@H]1[C@@H](O)C=C[C@H]4[C@@H](C2)N(C)CC[C@@]341.O=C(O)/C=C/C(=O)O. The number of carbonyl (C=O) groups is 2. The van der Waals surface area contributed by atoms with Crippen molar-refractivity contribution in [2.75, 3.05) is 20.7 Å². The molecule has 2 aliphatic heterocycles. The quantitative estimate of drug-likeness (QED) is 0.498. The molecule has 1 spiro atoms. The van der Waals surface area contributed by atoms with Gasteiger partial charge in [-0.15, -0.1) is 0 Å². The van der Waals surface area contributed by atoms with Crippen molar-refractivity contribution in [3.8, 4) is 11.5 Å². The van der Waals surface area contributed by atoms with Crippen LogP contribution in [-0.4, -0.2) is 71.1 Å². The van der Waals surface area contributed by atoms with Gasteiger partial charge in [-0.05, 0) is 38.1 Å². The molecule has 1 aromatic rings. The van der Waals surface area contributed by atoms with Crippen LogP contribution in [-0.2, 0) is 21.4 Å². The minimum absolute atomic E-state index is 0.0806. The summed E-state index contributed by atoms with van der Waals surface area (Å²) in [5, 5.41) is 26.2. The van der Waals surface area contributed by atoms with Crippen LogP contribution in [0.4, 0.5) is 0 Å². The Labute approximate surface area is 174 Å². The predicted molar refractivity (Wildman–Crippen MR) is 107 cm³/mol. The van der Waals surface area contributed by atoms with Gasteiger partial charge < -0.3 is 29.7 Å².